The summed E-state index contributed by atoms with van der Waals surface area (Å²) in [5.74, 6) is -0.620. The van der Waals surface area contributed by atoms with Gasteiger partial charge in [0, 0.05) is 24.2 Å². The number of ether oxygens (including phenoxy) is 1. The van der Waals surface area contributed by atoms with Crippen molar-refractivity contribution in [1.29, 1.82) is 0 Å². The predicted molar refractivity (Wildman–Crippen MR) is 62.3 cm³/mol. The molecule has 1 aromatic rings. The van der Waals surface area contributed by atoms with Gasteiger partial charge in [-0.3, -0.25) is 4.79 Å². The fourth-order valence-electron chi connectivity index (χ4n) is 1.93. The molecule has 1 aromatic carbocycles. The van der Waals surface area contributed by atoms with E-state index in [1.165, 1.54) is 0 Å². The monoisotopic (exact) mass is 234 g/mol. The highest BCUT2D eigenvalue weighted by atomic mass is 16.6. The molecule has 1 unspecified atom stereocenters. The van der Waals surface area contributed by atoms with Crippen LogP contribution in [0, 0.1) is 0 Å². The van der Waals surface area contributed by atoms with Crippen molar-refractivity contribution in [3.8, 4) is 0 Å². The Kier molecular flexibility index (Phi) is 3.26. The lowest BCUT2D eigenvalue weighted by atomic mass is 10.1. The number of carbonyl (C=O) groups is 1. The first-order valence-corrected chi connectivity index (χ1v) is 5.49. The van der Waals surface area contributed by atoms with Gasteiger partial charge in [0.05, 0.1) is 0 Å². The van der Waals surface area contributed by atoms with Crippen LogP contribution in [0.3, 0.4) is 0 Å². The Morgan fingerprint density at radius 3 is 2.82 bits per heavy atom. The maximum absolute atomic E-state index is 11.8. The van der Waals surface area contributed by atoms with Crippen LogP contribution in [-0.2, 0) is 16.0 Å². The molecule has 4 heteroatoms. The Bertz CT molecular complexity index is 476. The van der Waals surface area contributed by atoms with E-state index in [1.807, 2.05) is 12.1 Å². The Morgan fingerprint density at radius 1 is 1.47 bits per heavy atom. The van der Waals surface area contributed by atoms with Gasteiger partial charge in [-0.15, -0.1) is 0 Å². The number of ketones is 1. The van der Waals surface area contributed by atoms with Crippen LogP contribution in [0.4, 0.5) is 0 Å². The first-order valence-electron chi connectivity index (χ1n) is 5.49. The second-order valence-electron chi connectivity index (χ2n) is 3.83. The van der Waals surface area contributed by atoms with E-state index in [-0.39, 0.29) is 17.9 Å². The van der Waals surface area contributed by atoms with Crippen LogP contribution in [0.2, 0.25) is 0 Å². The quantitative estimate of drug-likeness (QED) is 0.773. The molecule has 1 aliphatic rings. The van der Waals surface area contributed by atoms with Gasteiger partial charge in [-0.25, -0.2) is 0 Å². The fraction of sp³-hybridized carbons (Fsp3) is 0.308. The summed E-state index contributed by atoms with van der Waals surface area (Å²) in [6.45, 7) is 1.93. The van der Waals surface area contributed by atoms with E-state index in [9.17, 15) is 15.0 Å². The zero-order valence-corrected chi connectivity index (χ0v) is 9.51. The van der Waals surface area contributed by atoms with Crippen molar-refractivity contribution in [3.63, 3.8) is 0 Å². The minimum absolute atomic E-state index is 0.0515. The van der Waals surface area contributed by atoms with Gasteiger partial charge >= 0.3 is 0 Å². The summed E-state index contributed by atoms with van der Waals surface area (Å²) in [6, 6.07) is 7.23. The van der Waals surface area contributed by atoms with Crippen molar-refractivity contribution < 1.29 is 19.7 Å². The lowest BCUT2D eigenvalue weighted by molar-refractivity contribution is -0.150. The molecule has 1 atom stereocenters. The highest BCUT2D eigenvalue weighted by Gasteiger charge is 2.29. The van der Waals surface area contributed by atoms with Gasteiger partial charge in [0.15, 0.2) is 0 Å². The summed E-state index contributed by atoms with van der Waals surface area (Å²) in [5, 5.41) is 19.4. The van der Waals surface area contributed by atoms with Crippen LogP contribution in [0.1, 0.15) is 18.1 Å². The van der Waals surface area contributed by atoms with Crippen LogP contribution in [0.25, 0.3) is 5.76 Å². The number of fused-ring (bicyclic) bond motifs is 1. The molecule has 90 valence electrons. The number of hydrogen-bond donors (Lipinski definition) is 2. The average molecular weight is 234 g/mol. The van der Waals surface area contributed by atoms with E-state index in [1.54, 1.807) is 19.1 Å². The van der Waals surface area contributed by atoms with Crippen LogP contribution in [0.15, 0.2) is 29.8 Å². The minimum Gasteiger partial charge on any atom is -0.507 e. The lowest BCUT2D eigenvalue weighted by Crippen LogP contribution is -2.25. The van der Waals surface area contributed by atoms with Crippen LogP contribution in [0.5, 0.6) is 0 Å². The smallest absolute Gasteiger partial charge is 0.219 e. The van der Waals surface area contributed by atoms with E-state index >= 15 is 0 Å². The highest BCUT2D eigenvalue weighted by molar-refractivity contribution is 6.05. The molecular formula is C13H14O4. The van der Waals surface area contributed by atoms with Crippen molar-refractivity contribution in [1.82, 2.24) is 0 Å². The van der Waals surface area contributed by atoms with Gasteiger partial charge < -0.3 is 14.9 Å². The maximum atomic E-state index is 11.8. The first-order chi connectivity index (χ1) is 8.15. The standard InChI is InChI=1S/C13H14O4/c1-2-17-13(16)12(15)10-7-8-5-3-4-6-9(8)11(10)14/h3-6,13-14,16H,2,7H2,1H3. The molecule has 0 amide bonds. The zero-order chi connectivity index (χ0) is 12.4. The minimum atomic E-state index is -1.49. The molecule has 17 heavy (non-hydrogen) atoms. The fourth-order valence-corrected chi connectivity index (χ4v) is 1.93. The number of Topliss-reactive ketones (excluding diaryl/α,β-unsaturated/α-hetero) is 1. The summed E-state index contributed by atoms with van der Waals surface area (Å²) in [6.07, 6.45) is -1.16. The molecular weight excluding hydrogens is 220 g/mol. The van der Waals surface area contributed by atoms with E-state index in [0.717, 1.165) is 5.56 Å². The normalized spacial score (nSPS) is 15.9. The third-order valence-electron chi connectivity index (χ3n) is 2.77. The maximum Gasteiger partial charge on any atom is 0.219 e. The summed E-state index contributed by atoms with van der Waals surface area (Å²) in [7, 11) is 0. The Morgan fingerprint density at radius 2 is 2.18 bits per heavy atom. The van der Waals surface area contributed by atoms with Crippen molar-refractivity contribution in [2.45, 2.75) is 19.6 Å². The molecule has 0 spiro atoms. The van der Waals surface area contributed by atoms with E-state index in [0.29, 0.717) is 12.0 Å². The van der Waals surface area contributed by atoms with Crippen molar-refractivity contribution in [2.24, 2.45) is 0 Å². The number of benzene rings is 1. The third-order valence-corrected chi connectivity index (χ3v) is 2.77. The summed E-state index contributed by atoms with van der Waals surface area (Å²) in [4.78, 5) is 11.8. The topological polar surface area (TPSA) is 66.8 Å². The zero-order valence-electron chi connectivity index (χ0n) is 9.51. The molecule has 4 nitrogen and oxygen atoms in total. The largest absolute Gasteiger partial charge is 0.507 e. The third kappa shape index (κ3) is 2.09. The Labute approximate surface area is 99.2 Å². The van der Waals surface area contributed by atoms with Gasteiger partial charge in [-0.05, 0) is 12.5 Å². The van der Waals surface area contributed by atoms with Crippen molar-refractivity contribution in [3.05, 3.63) is 41.0 Å². The first kappa shape index (κ1) is 11.8. The highest BCUT2D eigenvalue weighted by Crippen LogP contribution is 2.31. The molecule has 2 rings (SSSR count). The second-order valence-corrected chi connectivity index (χ2v) is 3.83. The molecule has 0 saturated heterocycles. The van der Waals surface area contributed by atoms with Gasteiger partial charge in [-0.2, -0.15) is 0 Å². The molecule has 1 aliphatic carbocycles. The van der Waals surface area contributed by atoms with Crippen LogP contribution >= 0.6 is 0 Å². The van der Waals surface area contributed by atoms with Crippen molar-refractivity contribution >= 4 is 11.5 Å². The lowest BCUT2D eigenvalue weighted by Gasteiger charge is -2.09. The number of hydrogen-bond acceptors (Lipinski definition) is 4. The molecule has 0 fully saturated rings. The molecule has 2 N–H and O–H groups in total. The van der Waals surface area contributed by atoms with Gasteiger partial charge in [0.1, 0.15) is 5.76 Å². The molecule has 0 radical (unpaired) electrons. The van der Waals surface area contributed by atoms with E-state index in [2.05, 4.69) is 0 Å². The van der Waals surface area contributed by atoms with E-state index in [4.69, 9.17) is 4.74 Å². The van der Waals surface area contributed by atoms with Gasteiger partial charge in [-0.1, -0.05) is 24.3 Å². The summed E-state index contributed by atoms with van der Waals surface area (Å²) >= 11 is 0. The molecule has 0 aliphatic heterocycles. The second kappa shape index (κ2) is 4.69. The number of rotatable bonds is 4. The number of aliphatic hydroxyl groups is 2. The number of carbonyl (C=O) groups excluding carboxylic acids is 1. The van der Waals surface area contributed by atoms with Crippen molar-refractivity contribution in [2.75, 3.05) is 6.61 Å². The van der Waals surface area contributed by atoms with Crippen LogP contribution < -0.4 is 0 Å². The van der Waals surface area contributed by atoms with Gasteiger partial charge in [0.25, 0.3) is 0 Å². The van der Waals surface area contributed by atoms with Crippen LogP contribution in [-0.4, -0.2) is 28.9 Å². The average Bonchev–Trinajstić information content (AvgIpc) is 2.67. The summed E-state index contributed by atoms with van der Waals surface area (Å²) in [5.41, 5.74) is 1.75. The molecule has 0 saturated carbocycles. The molecule has 0 heterocycles. The van der Waals surface area contributed by atoms with Gasteiger partial charge in [0.2, 0.25) is 12.1 Å². The Hall–Kier alpha value is -1.65. The summed E-state index contributed by atoms with van der Waals surface area (Å²) < 4.78 is 4.82. The number of aliphatic hydroxyl groups excluding tert-OH is 2. The Balaban J connectivity index is 2.26. The molecule has 0 aromatic heterocycles. The molecule has 0 bridgehead atoms. The SMILES string of the molecule is CCOC(O)C(=O)C1=C(O)c2ccccc2C1. The van der Waals surface area contributed by atoms with E-state index < -0.39 is 12.1 Å². The predicted octanol–water partition coefficient (Wildman–Crippen LogP) is 1.44.